The summed E-state index contributed by atoms with van der Waals surface area (Å²) in [5.74, 6) is -0.178. The van der Waals surface area contributed by atoms with Crippen molar-refractivity contribution < 1.29 is 4.39 Å². The lowest BCUT2D eigenvalue weighted by Gasteiger charge is -2.19. The molecule has 0 saturated carbocycles. The van der Waals surface area contributed by atoms with Gasteiger partial charge in [-0.2, -0.15) is 0 Å². The maximum Gasteiger partial charge on any atom is 0.123 e. The first-order chi connectivity index (χ1) is 9.51. The summed E-state index contributed by atoms with van der Waals surface area (Å²) in [6.45, 7) is 9.07. The molecule has 0 bridgehead atoms. The van der Waals surface area contributed by atoms with Crippen molar-refractivity contribution in [2.24, 2.45) is 0 Å². The predicted octanol–water partition coefficient (Wildman–Crippen LogP) is 4.10. The van der Waals surface area contributed by atoms with Gasteiger partial charge in [0.15, 0.2) is 0 Å². The fourth-order valence-electron chi connectivity index (χ4n) is 2.37. The van der Waals surface area contributed by atoms with Crippen LogP contribution in [0, 0.1) is 26.6 Å². The molecule has 0 aliphatic carbocycles. The number of rotatable bonds is 5. The first kappa shape index (κ1) is 15.1. The summed E-state index contributed by atoms with van der Waals surface area (Å²) >= 11 is 1.75. The molecule has 0 spiro atoms. The lowest BCUT2D eigenvalue weighted by Crippen LogP contribution is -2.23. The number of halogens is 1. The zero-order valence-corrected chi connectivity index (χ0v) is 13.3. The van der Waals surface area contributed by atoms with Crippen molar-refractivity contribution >= 4 is 11.3 Å². The maximum absolute atomic E-state index is 13.2. The van der Waals surface area contributed by atoms with E-state index in [0.29, 0.717) is 0 Å². The number of hydrogen-bond acceptors (Lipinski definition) is 3. The molecule has 108 valence electrons. The Labute approximate surface area is 124 Å². The third kappa shape index (κ3) is 3.44. The number of benzene rings is 1. The molecule has 20 heavy (non-hydrogen) atoms. The fraction of sp³-hybridized carbons (Fsp3) is 0.438. The van der Waals surface area contributed by atoms with Crippen molar-refractivity contribution in [3.63, 3.8) is 0 Å². The summed E-state index contributed by atoms with van der Waals surface area (Å²) in [6, 6.07) is 5.19. The SMILES string of the molecule is CCNC(Cc1nc(C)c(C)s1)c1ccc(F)cc1C. The summed E-state index contributed by atoms with van der Waals surface area (Å²) < 4.78 is 13.2. The summed E-state index contributed by atoms with van der Waals surface area (Å²) in [5, 5.41) is 4.61. The van der Waals surface area contributed by atoms with Crippen LogP contribution in [0.4, 0.5) is 4.39 Å². The molecule has 2 aromatic rings. The molecular weight excluding hydrogens is 271 g/mol. The number of hydrogen-bond donors (Lipinski definition) is 1. The molecular formula is C16H21FN2S. The summed E-state index contributed by atoms with van der Waals surface area (Å²) in [4.78, 5) is 5.88. The van der Waals surface area contributed by atoms with Crippen LogP contribution in [-0.2, 0) is 6.42 Å². The number of nitrogens with zero attached hydrogens (tertiary/aromatic N) is 1. The minimum Gasteiger partial charge on any atom is -0.310 e. The molecule has 0 saturated heterocycles. The normalized spacial score (nSPS) is 12.7. The molecule has 0 aliphatic rings. The van der Waals surface area contributed by atoms with E-state index in [2.05, 4.69) is 24.1 Å². The molecule has 1 atom stereocenters. The van der Waals surface area contributed by atoms with Crippen LogP contribution in [0.2, 0.25) is 0 Å². The van der Waals surface area contributed by atoms with Gasteiger partial charge < -0.3 is 5.32 Å². The molecule has 1 N–H and O–H groups in total. The molecule has 0 radical (unpaired) electrons. The van der Waals surface area contributed by atoms with E-state index in [1.54, 1.807) is 17.4 Å². The maximum atomic E-state index is 13.2. The molecule has 1 aromatic heterocycles. The first-order valence-corrected chi connectivity index (χ1v) is 7.75. The van der Waals surface area contributed by atoms with Crippen molar-refractivity contribution in [3.05, 3.63) is 50.7 Å². The minimum atomic E-state index is -0.178. The lowest BCUT2D eigenvalue weighted by atomic mass is 9.98. The van der Waals surface area contributed by atoms with E-state index in [-0.39, 0.29) is 11.9 Å². The van der Waals surface area contributed by atoms with Gasteiger partial charge in [0.05, 0.1) is 10.7 Å². The summed E-state index contributed by atoms with van der Waals surface area (Å²) in [5.41, 5.74) is 3.25. The van der Waals surface area contributed by atoms with Gasteiger partial charge in [-0.25, -0.2) is 9.37 Å². The van der Waals surface area contributed by atoms with Gasteiger partial charge in [0.25, 0.3) is 0 Å². The van der Waals surface area contributed by atoms with Crippen molar-refractivity contribution in [2.75, 3.05) is 6.54 Å². The first-order valence-electron chi connectivity index (χ1n) is 6.93. The van der Waals surface area contributed by atoms with Crippen LogP contribution in [0.15, 0.2) is 18.2 Å². The largest absolute Gasteiger partial charge is 0.310 e. The third-order valence-corrected chi connectivity index (χ3v) is 4.60. The predicted molar refractivity (Wildman–Crippen MR) is 82.8 cm³/mol. The van der Waals surface area contributed by atoms with Gasteiger partial charge in [0.2, 0.25) is 0 Å². The second-order valence-corrected chi connectivity index (χ2v) is 6.35. The Kier molecular flexibility index (Phi) is 4.89. The summed E-state index contributed by atoms with van der Waals surface area (Å²) in [6.07, 6.45) is 0.847. The van der Waals surface area contributed by atoms with Gasteiger partial charge in [0, 0.05) is 17.3 Å². The van der Waals surface area contributed by atoms with Gasteiger partial charge in [-0.05, 0) is 50.6 Å². The Morgan fingerprint density at radius 2 is 2.05 bits per heavy atom. The van der Waals surface area contributed by atoms with Crippen LogP contribution in [0.5, 0.6) is 0 Å². The molecule has 1 heterocycles. The average Bonchev–Trinajstić information content (AvgIpc) is 2.68. The third-order valence-electron chi connectivity index (χ3n) is 3.51. The molecule has 1 unspecified atom stereocenters. The van der Waals surface area contributed by atoms with Gasteiger partial charge in [-0.3, -0.25) is 0 Å². The van der Waals surface area contributed by atoms with Gasteiger partial charge in [0.1, 0.15) is 5.82 Å². The van der Waals surface area contributed by atoms with E-state index in [4.69, 9.17) is 0 Å². The van der Waals surface area contributed by atoms with Crippen molar-refractivity contribution in [1.82, 2.24) is 10.3 Å². The topological polar surface area (TPSA) is 24.9 Å². The van der Waals surface area contributed by atoms with Crippen molar-refractivity contribution in [3.8, 4) is 0 Å². The standard InChI is InChI=1S/C16H21FN2S/c1-5-18-15(9-16-19-11(3)12(4)20-16)14-7-6-13(17)8-10(14)2/h6-8,15,18H,5,9H2,1-4H3. The van der Waals surface area contributed by atoms with Crippen LogP contribution in [0.1, 0.15) is 39.7 Å². The number of nitrogens with one attached hydrogen (secondary N) is 1. The molecule has 0 aliphatic heterocycles. The van der Waals surface area contributed by atoms with Crippen molar-refractivity contribution in [1.29, 1.82) is 0 Å². The highest BCUT2D eigenvalue weighted by atomic mass is 32.1. The molecule has 0 fully saturated rings. The van der Waals surface area contributed by atoms with Crippen LogP contribution in [0.3, 0.4) is 0 Å². The smallest absolute Gasteiger partial charge is 0.123 e. The van der Waals surface area contributed by atoms with Crippen LogP contribution < -0.4 is 5.32 Å². The van der Waals surface area contributed by atoms with Crippen LogP contribution in [-0.4, -0.2) is 11.5 Å². The quantitative estimate of drug-likeness (QED) is 0.897. The molecule has 1 aromatic carbocycles. The van der Waals surface area contributed by atoms with Gasteiger partial charge >= 0.3 is 0 Å². The second kappa shape index (κ2) is 6.46. The molecule has 2 rings (SSSR count). The zero-order chi connectivity index (χ0) is 14.7. The highest BCUT2D eigenvalue weighted by molar-refractivity contribution is 7.11. The minimum absolute atomic E-state index is 0.178. The number of aromatic nitrogens is 1. The van der Waals surface area contributed by atoms with Gasteiger partial charge in [-0.15, -0.1) is 11.3 Å². The number of aryl methyl sites for hydroxylation is 3. The Morgan fingerprint density at radius 1 is 1.30 bits per heavy atom. The Balaban J connectivity index is 2.26. The monoisotopic (exact) mass is 292 g/mol. The summed E-state index contributed by atoms with van der Waals surface area (Å²) in [7, 11) is 0. The molecule has 4 heteroatoms. The Bertz CT molecular complexity index is 573. The van der Waals surface area contributed by atoms with E-state index >= 15 is 0 Å². The van der Waals surface area contributed by atoms with E-state index < -0.39 is 0 Å². The fourth-order valence-corrected chi connectivity index (χ4v) is 3.35. The highest BCUT2D eigenvalue weighted by Crippen LogP contribution is 2.25. The highest BCUT2D eigenvalue weighted by Gasteiger charge is 2.16. The lowest BCUT2D eigenvalue weighted by molar-refractivity contribution is 0.543. The average molecular weight is 292 g/mol. The second-order valence-electron chi connectivity index (χ2n) is 5.06. The van der Waals surface area contributed by atoms with E-state index in [0.717, 1.165) is 34.8 Å². The number of thiazole rings is 1. The van der Waals surface area contributed by atoms with Crippen LogP contribution in [0.25, 0.3) is 0 Å². The Hall–Kier alpha value is -1.26. The van der Waals surface area contributed by atoms with E-state index in [1.165, 1.54) is 10.9 Å². The van der Waals surface area contributed by atoms with E-state index in [1.807, 2.05) is 19.9 Å². The Morgan fingerprint density at radius 3 is 2.60 bits per heavy atom. The number of likely N-dealkylation sites (N-methyl/N-ethyl adjacent to an activating group) is 1. The molecule has 0 amide bonds. The van der Waals surface area contributed by atoms with Crippen molar-refractivity contribution in [2.45, 2.75) is 40.2 Å². The van der Waals surface area contributed by atoms with Gasteiger partial charge in [-0.1, -0.05) is 13.0 Å². The van der Waals surface area contributed by atoms with Crippen LogP contribution >= 0.6 is 11.3 Å². The van der Waals surface area contributed by atoms with E-state index in [9.17, 15) is 4.39 Å². The zero-order valence-electron chi connectivity index (χ0n) is 12.5. The molecule has 2 nitrogen and oxygen atoms in total.